The number of hydrogen-bond acceptors (Lipinski definition) is 3. The van der Waals surface area contributed by atoms with Gasteiger partial charge in [0.15, 0.2) is 0 Å². The van der Waals surface area contributed by atoms with Crippen molar-refractivity contribution >= 4 is 11.0 Å². The molecule has 0 aliphatic rings. The number of pyridine rings is 1. The topological polar surface area (TPSA) is 50.9 Å². The maximum absolute atomic E-state index is 11.8. The van der Waals surface area contributed by atoms with Crippen molar-refractivity contribution in [3.05, 3.63) is 193 Å². The Morgan fingerprint density at radius 3 is 1.70 bits per heavy atom. The Morgan fingerprint density at radius 2 is 1.05 bits per heavy atom. The lowest BCUT2D eigenvalue weighted by molar-refractivity contribution is 0.477. The summed E-state index contributed by atoms with van der Waals surface area (Å²) in [5.74, 6) is 0.833. The molecule has 0 saturated carbocycles. The van der Waals surface area contributed by atoms with Gasteiger partial charge in [-0.1, -0.05) is 163 Å². The predicted octanol–water partition coefficient (Wildman–Crippen LogP) is 14.7. The highest BCUT2D eigenvalue weighted by molar-refractivity contribution is 5.98. The summed E-state index contributed by atoms with van der Waals surface area (Å²) in [4.78, 5) is 10.5. The molecule has 2 heterocycles. The number of benzene rings is 7. The van der Waals surface area contributed by atoms with E-state index in [1.165, 1.54) is 11.1 Å². The van der Waals surface area contributed by atoms with E-state index in [1.54, 1.807) is 6.07 Å². The zero-order chi connectivity index (χ0) is 41.6. The molecular formula is C56H49N3O. The number of aromatic nitrogens is 3. The van der Waals surface area contributed by atoms with Gasteiger partial charge >= 0.3 is 0 Å². The quantitative estimate of drug-likeness (QED) is 0.175. The summed E-state index contributed by atoms with van der Waals surface area (Å²) in [5, 5.41) is 11.8. The molecule has 7 aromatic carbocycles. The number of imidazole rings is 1. The number of para-hydroxylation sites is 1. The summed E-state index contributed by atoms with van der Waals surface area (Å²) in [6.45, 7) is 13.5. The summed E-state index contributed by atoms with van der Waals surface area (Å²) in [7, 11) is 0. The molecule has 9 rings (SSSR count). The Labute approximate surface area is 353 Å². The minimum atomic E-state index is -0.136. The van der Waals surface area contributed by atoms with Crippen LogP contribution in [0.1, 0.15) is 52.7 Å². The minimum absolute atomic E-state index is 0.0669. The fourth-order valence-corrected chi connectivity index (χ4v) is 8.09. The van der Waals surface area contributed by atoms with Crippen molar-refractivity contribution in [1.82, 2.24) is 14.5 Å². The van der Waals surface area contributed by atoms with Gasteiger partial charge < -0.3 is 5.11 Å². The number of phenols is 1. The Bertz CT molecular complexity index is 2990. The second-order valence-corrected chi connectivity index (χ2v) is 17.7. The van der Waals surface area contributed by atoms with Gasteiger partial charge in [0.25, 0.3) is 0 Å². The van der Waals surface area contributed by atoms with Crippen LogP contribution in [0.4, 0.5) is 0 Å². The van der Waals surface area contributed by atoms with Crippen LogP contribution in [-0.2, 0) is 10.8 Å². The summed E-state index contributed by atoms with van der Waals surface area (Å²) in [5.41, 5.74) is 16.2. The first kappa shape index (κ1) is 38.5. The number of phenolic OH excluding ortho intramolecular Hbond substituents is 1. The summed E-state index contributed by atoms with van der Waals surface area (Å²) >= 11 is 0. The Kier molecular flexibility index (Phi) is 9.80. The molecule has 0 atom stereocenters. The van der Waals surface area contributed by atoms with Gasteiger partial charge in [0.05, 0.1) is 28.0 Å². The first-order valence-corrected chi connectivity index (χ1v) is 20.7. The lowest BCUT2D eigenvalue weighted by Gasteiger charge is -2.23. The molecule has 9 aromatic rings. The van der Waals surface area contributed by atoms with Crippen LogP contribution in [-0.4, -0.2) is 19.6 Å². The van der Waals surface area contributed by atoms with E-state index >= 15 is 0 Å². The van der Waals surface area contributed by atoms with E-state index in [4.69, 9.17) is 9.97 Å². The van der Waals surface area contributed by atoms with Crippen LogP contribution < -0.4 is 0 Å². The highest BCUT2D eigenvalue weighted by atomic mass is 16.3. The SMILES string of the molecule is CC(C)(C)c1cc(-c2cc(-c3ccccc3)ccn2)cc(-c2cccc3c2nc(-c2cc(-c4ccccc4)ccc2O)n3-c2ccc(C(C)(C)C)cc2-c2ccccc2)c1. The third-order valence-electron chi connectivity index (χ3n) is 11.5. The second kappa shape index (κ2) is 15.3. The third kappa shape index (κ3) is 7.42. The summed E-state index contributed by atoms with van der Waals surface area (Å²) in [6, 6.07) is 61.5. The molecule has 0 aliphatic carbocycles. The van der Waals surface area contributed by atoms with Gasteiger partial charge in [-0.25, -0.2) is 4.98 Å². The van der Waals surface area contributed by atoms with E-state index in [0.717, 1.165) is 72.5 Å². The largest absolute Gasteiger partial charge is 0.507 e. The molecule has 294 valence electrons. The maximum atomic E-state index is 11.8. The smallest absolute Gasteiger partial charge is 0.149 e. The van der Waals surface area contributed by atoms with E-state index in [0.29, 0.717) is 11.4 Å². The van der Waals surface area contributed by atoms with Crippen LogP contribution in [0.3, 0.4) is 0 Å². The van der Waals surface area contributed by atoms with Gasteiger partial charge in [0.1, 0.15) is 11.6 Å². The van der Waals surface area contributed by atoms with E-state index in [2.05, 4.69) is 186 Å². The predicted molar refractivity (Wildman–Crippen MR) is 251 cm³/mol. The molecule has 1 N–H and O–H groups in total. The molecular weight excluding hydrogens is 731 g/mol. The Balaban J connectivity index is 1.33. The number of nitrogens with zero attached hydrogens (tertiary/aromatic N) is 3. The highest BCUT2D eigenvalue weighted by Gasteiger charge is 2.25. The van der Waals surface area contributed by atoms with Crippen LogP contribution >= 0.6 is 0 Å². The third-order valence-corrected chi connectivity index (χ3v) is 11.5. The number of fused-ring (bicyclic) bond motifs is 1. The second-order valence-electron chi connectivity index (χ2n) is 17.7. The summed E-state index contributed by atoms with van der Waals surface area (Å²) in [6.07, 6.45) is 1.90. The molecule has 0 unspecified atom stereocenters. The van der Waals surface area contributed by atoms with Crippen LogP contribution in [0.5, 0.6) is 5.75 Å². The van der Waals surface area contributed by atoms with Gasteiger partial charge in [-0.3, -0.25) is 9.55 Å². The fraction of sp³-hybridized carbons (Fsp3) is 0.143. The molecule has 0 saturated heterocycles. The standard InChI is InChI=1S/C56H49N3O/c1-55(2,3)44-26-27-50(47(36-44)39-21-14-9-15-22-39)59-51-24-16-23-46(53(51)58-54(59)48-34-40(25-28-52(48)60)37-17-10-7-11-18-37)42-31-43(33-45(32-42)56(4,5)6)49-35-41(29-30-57-49)38-19-12-8-13-20-38/h7-36,60H,1-6H3. The normalized spacial score (nSPS) is 11.9. The van der Waals surface area contributed by atoms with Crippen molar-refractivity contribution in [2.45, 2.75) is 52.4 Å². The van der Waals surface area contributed by atoms with Crippen LogP contribution in [0.15, 0.2) is 182 Å². The van der Waals surface area contributed by atoms with Crippen LogP contribution in [0.2, 0.25) is 0 Å². The maximum Gasteiger partial charge on any atom is 0.149 e. The van der Waals surface area contributed by atoms with E-state index in [-0.39, 0.29) is 16.6 Å². The van der Waals surface area contributed by atoms with Crippen molar-refractivity contribution in [2.24, 2.45) is 0 Å². The number of aromatic hydroxyl groups is 1. The van der Waals surface area contributed by atoms with Gasteiger partial charge in [-0.2, -0.15) is 0 Å². The first-order valence-electron chi connectivity index (χ1n) is 20.7. The number of rotatable bonds is 7. The van der Waals surface area contributed by atoms with Crippen molar-refractivity contribution in [3.8, 4) is 78.6 Å². The van der Waals surface area contributed by atoms with Crippen LogP contribution in [0.25, 0.3) is 83.9 Å². The van der Waals surface area contributed by atoms with Crippen molar-refractivity contribution in [2.75, 3.05) is 0 Å². The molecule has 60 heavy (non-hydrogen) atoms. The minimum Gasteiger partial charge on any atom is -0.507 e. The lowest BCUT2D eigenvalue weighted by atomic mass is 9.83. The molecule has 0 aliphatic heterocycles. The van der Waals surface area contributed by atoms with Gasteiger partial charge in [0.2, 0.25) is 0 Å². The average molecular weight is 780 g/mol. The van der Waals surface area contributed by atoms with Crippen molar-refractivity contribution in [1.29, 1.82) is 0 Å². The molecule has 0 fully saturated rings. The van der Waals surface area contributed by atoms with Crippen molar-refractivity contribution < 1.29 is 5.11 Å². The molecule has 2 aromatic heterocycles. The van der Waals surface area contributed by atoms with Crippen molar-refractivity contribution in [3.63, 3.8) is 0 Å². The van der Waals surface area contributed by atoms with E-state index < -0.39 is 0 Å². The lowest BCUT2D eigenvalue weighted by Crippen LogP contribution is -2.12. The fourth-order valence-electron chi connectivity index (χ4n) is 8.09. The molecule has 0 spiro atoms. The van der Waals surface area contributed by atoms with E-state index in [9.17, 15) is 5.11 Å². The average Bonchev–Trinajstić information content (AvgIpc) is 3.66. The van der Waals surface area contributed by atoms with Crippen LogP contribution in [0, 0.1) is 0 Å². The highest BCUT2D eigenvalue weighted by Crippen LogP contribution is 2.43. The zero-order valence-electron chi connectivity index (χ0n) is 35.1. The Hall–Kier alpha value is -7.04. The Morgan fingerprint density at radius 1 is 0.433 bits per heavy atom. The van der Waals surface area contributed by atoms with E-state index in [1.807, 2.05) is 36.5 Å². The monoisotopic (exact) mass is 779 g/mol. The number of hydrogen-bond donors (Lipinski definition) is 1. The first-order chi connectivity index (χ1) is 28.9. The molecule has 0 radical (unpaired) electrons. The van der Waals surface area contributed by atoms with Gasteiger partial charge in [-0.15, -0.1) is 0 Å². The summed E-state index contributed by atoms with van der Waals surface area (Å²) < 4.78 is 2.25. The molecule has 0 bridgehead atoms. The molecule has 4 nitrogen and oxygen atoms in total. The molecule has 0 amide bonds. The zero-order valence-corrected chi connectivity index (χ0v) is 35.1. The van der Waals surface area contributed by atoms with Gasteiger partial charge in [-0.05, 0) is 110 Å². The van der Waals surface area contributed by atoms with Gasteiger partial charge in [0, 0.05) is 22.9 Å². The molecule has 4 heteroatoms.